The minimum atomic E-state index is -0.320. The molecule has 1 saturated heterocycles. The number of methoxy groups -OCH3 is 2. The second-order valence-electron chi connectivity index (χ2n) is 7.05. The standard InChI is InChI=1S/C21H27N3O4/c1-15-6-7-19(27-2)17(13-15)22-20(25)14-23-11-8-16(9-12-23)24-10-4-5-18(24)21(26)28-3/h4-7,10,13,16H,8-9,11-12,14H2,1-3H3,(H,22,25). The monoisotopic (exact) mass is 385 g/mol. The van der Waals surface area contributed by atoms with Crippen LogP contribution in [0.15, 0.2) is 36.5 Å². The highest BCUT2D eigenvalue weighted by Gasteiger charge is 2.25. The van der Waals surface area contributed by atoms with Crippen molar-refractivity contribution < 1.29 is 19.1 Å². The van der Waals surface area contributed by atoms with Gasteiger partial charge in [-0.1, -0.05) is 6.07 Å². The Hall–Kier alpha value is -2.80. The van der Waals surface area contributed by atoms with Crippen molar-refractivity contribution in [1.82, 2.24) is 9.47 Å². The van der Waals surface area contributed by atoms with Crippen molar-refractivity contribution in [3.05, 3.63) is 47.8 Å². The zero-order valence-corrected chi connectivity index (χ0v) is 16.6. The molecular formula is C21H27N3O4. The van der Waals surface area contributed by atoms with E-state index in [4.69, 9.17) is 9.47 Å². The Labute approximate surface area is 165 Å². The fourth-order valence-corrected chi connectivity index (χ4v) is 3.66. The number of nitrogens with zero attached hydrogens (tertiary/aromatic N) is 2. The predicted octanol–water partition coefficient (Wildman–Crippen LogP) is 2.87. The van der Waals surface area contributed by atoms with Gasteiger partial charge in [0.15, 0.2) is 0 Å². The molecule has 0 aliphatic carbocycles. The van der Waals surface area contributed by atoms with Crippen LogP contribution < -0.4 is 10.1 Å². The molecule has 2 aromatic rings. The van der Waals surface area contributed by atoms with E-state index < -0.39 is 0 Å². The highest BCUT2D eigenvalue weighted by molar-refractivity contribution is 5.93. The van der Waals surface area contributed by atoms with Crippen molar-refractivity contribution >= 4 is 17.6 Å². The molecule has 3 rings (SSSR count). The van der Waals surface area contributed by atoms with Crippen LogP contribution in [-0.4, -0.2) is 55.2 Å². The molecule has 0 bridgehead atoms. The summed E-state index contributed by atoms with van der Waals surface area (Å²) in [5.74, 6) is 0.276. The molecule has 1 aromatic carbocycles. The van der Waals surface area contributed by atoms with Crippen molar-refractivity contribution in [3.8, 4) is 5.75 Å². The van der Waals surface area contributed by atoms with Gasteiger partial charge in [0.1, 0.15) is 11.4 Å². The summed E-state index contributed by atoms with van der Waals surface area (Å²) in [5, 5.41) is 2.95. The van der Waals surface area contributed by atoms with Gasteiger partial charge in [0.05, 0.1) is 26.5 Å². The van der Waals surface area contributed by atoms with E-state index in [1.165, 1.54) is 7.11 Å². The van der Waals surface area contributed by atoms with Gasteiger partial charge in [0.2, 0.25) is 5.91 Å². The van der Waals surface area contributed by atoms with Gasteiger partial charge < -0.3 is 19.4 Å². The van der Waals surface area contributed by atoms with E-state index in [0.717, 1.165) is 31.5 Å². The van der Waals surface area contributed by atoms with Crippen molar-refractivity contribution in [2.24, 2.45) is 0 Å². The van der Waals surface area contributed by atoms with Gasteiger partial charge in [-0.15, -0.1) is 0 Å². The third-order valence-corrected chi connectivity index (χ3v) is 5.12. The molecular weight excluding hydrogens is 358 g/mol. The van der Waals surface area contributed by atoms with E-state index in [1.54, 1.807) is 13.2 Å². The van der Waals surface area contributed by atoms with Gasteiger partial charge in [-0.2, -0.15) is 0 Å². The number of nitrogens with one attached hydrogen (secondary N) is 1. The van der Waals surface area contributed by atoms with Crippen molar-refractivity contribution in [2.45, 2.75) is 25.8 Å². The maximum Gasteiger partial charge on any atom is 0.354 e. The minimum Gasteiger partial charge on any atom is -0.495 e. The van der Waals surface area contributed by atoms with Crippen LogP contribution in [0.2, 0.25) is 0 Å². The quantitative estimate of drug-likeness (QED) is 0.774. The van der Waals surface area contributed by atoms with Gasteiger partial charge in [-0.05, 0) is 49.6 Å². The number of aromatic nitrogens is 1. The molecule has 1 aliphatic heterocycles. The molecule has 0 saturated carbocycles. The number of benzene rings is 1. The molecule has 7 heteroatoms. The number of aryl methyl sites for hydroxylation is 1. The lowest BCUT2D eigenvalue weighted by molar-refractivity contribution is -0.117. The number of likely N-dealkylation sites (tertiary alicyclic amines) is 1. The first-order valence-electron chi connectivity index (χ1n) is 9.44. The first-order valence-corrected chi connectivity index (χ1v) is 9.44. The number of rotatable bonds is 6. The number of amides is 1. The Kier molecular flexibility index (Phi) is 6.36. The van der Waals surface area contributed by atoms with Crippen LogP contribution >= 0.6 is 0 Å². The Balaban J connectivity index is 1.55. The van der Waals surface area contributed by atoms with E-state index in [9.17, 15) is 9.59 Å². The lowest BCUT2D eigenvalue weighted by Crippen LogP contribution is -2.40. The average Bonchev–Trinajstić information content (AvgIpc) is 3.18. The number of piperidine rings is 1. The Bertz CT molecular complexity index is 838. The first-order chi connectivity index (χ1) is 13.5. The molecule has 0 unspecified atom stereocenters. The lowest BCUT2D eigenvalue weighted by Gasteiger charge is -2.32. The first kappa shape index (κ1) is 19.9. The van der Waals surface area contributed by atoms with Gasteiger partial charge >= 0.3 is 5.97 Å². The summed E-state index contributed by atoms with van der Waals surface area (Å²) >= 11 is 0. The van der Waals surface area contributed by atoms with Crippen LogP contribution in [0, 0.1) is 6.92 Å². The molecule has 1 aromatic heterocycles. The summed E-state index contributed by atoms with van der Waals surface area (Å²) in [5.41, 5.74) is 2.33. The summed E-state index contributed by atoms with van der Waals surface area (Å²) in [6, 6.07) is 9.58. The number of carbonyl (C=O) groups is 2. The van der Waals surface area contributed by atoms with Gasteiger partial charge in [-0.3, -0.25) is 9.69 Å². The normalized spacial score (nSPS) is 15.2. The summed E-state index contributed by atoms with van der Waals surface area (Å²) in [4.78, 5) is 26.5. The van der Waals surface area contributed by atoms with Gasteiger partial charge in [0.25, 0.3) is 0 Å². The zero-order valence-electron chi connectivity index (χ0n) is 16.6. The van der Waals surface area contributed by atoms with Gasteiger partial charge in [0, 0.05) is 25.3 Å². The summed E-state index contributed by atoms with van der Waals surface area (Å²) in [6.45, 7) is 3.90. The van der Waals surface area contributed by atoms with Crippen molar-refractivity contribution in [3.63, 3.8) is 0 Å². The summed E-state index contributed by atoms with van der Waals surface area (Å²) in [7, 11) is 2.99. The fraction of sp³-hybridized carbons (Fsp3) is 0.429. The van der Waals surface area contributed by atoms with Crippen LogP contribution in [0.1, 0.15) is 34.9 Å². The zero-order chi connectivity index (χ0) is 20.1. The van der Waals surface area contributed by atoms with Crippen LogP contribution in [0.3, 0.4) is 0 Å². The molecule has 0 radical (unpaired) electrons. The molecule has 1 fully saturated rings. The van der Waals surface area contributed by atoms with Crippen LogP contribution in [0.5, 0.6) is 5.75 Å². The van der Waals surface area contributed by atoms with Crippen LogP contribution in [-0.2, 0) is 9.53 Å². The molecule has 1 aliphatic rings. The third kappa shape index (κ3) is 4.54. The van der Waals surface area contributed by atoms with Gasteiger partial charge in [-0.25, -0.2) is 4.79 Å². The number of carbonyl (C=O) groups excluding carboxylic acids is 2. The van der Waals surface area contributed by atoms with E-state index in [1.807, 2.05) is 42.0 Å². The molecule has 150 valence electrons. The molecule has 1 amide bonds. The largest absolute Gasteiger partial charge is 0.495 e. The second kappa shape index (κ2) is 8.93. The highest BCUT2D eigenvalue weighted by atomic mass is 16.5. The molecule has 7 nitrogen and oxygen atoms in total. The molecule has 2 heterocycles. The predicted molar refractivity (Wildman–Crippen MR) is 107 cm³/mol. The van der Waals surface area contributed by atoms with E-state index in [0.29, 0.717) is 23.7 Å². The Morgan fingerprint density at radius 2 is 1.93 bits per heavy atom. The minimum absolute atomic E-state index is 0.0569. The van der Waals surface area contributed by atoms with Crippen molar-refractivity contribution in [1.29, 1.82) is 0 Å². The SMILES string of the molecule is COC(=O)c1cccn1C1CCN(CC(=O)Nc2cc(C)ccc2OC)CC1. The number of hydrogen-bond donors (Lipinski definition) is 1. The average molecular weight is 385 g/mol. The summed E-state index contributed by atoms with van der Waals surface area (Å²) in [6.07, 6.45) is 3.67. The lowest BCUT2D eigenvalue weighted by atomic mass is 10.0. The van der Waals surface area contributed by atoms with E-state index >= 15 is 0 Å². The Morgan fingerprint density at radius 3 is 2.61 bits per heavy atom. The van der Waals surface area contributed by atoms with Crippen LogP contribution in [0.25, 0.3) is 0 Å². The van der Waals surface area contributed by atoms with E-state index in [2.05, 4.69) is 10.2 Å². The molecule has 28 heavy (non-hydrogen) atoms. The third-order valence-electron chi connectivity index (χ3n) is 5.12. The number of anilines is 1. The van der Waals surface area contributed by atoms with Crippen LogP contribution in [0.4, 0.5) is 5.69 Å². The number of esters is 1. The molecule has 0 spiro atoms. The topological polar surface area (TPSA) is 72.8 Å². The summed E-state index contributed by atoms with van der Waals surface area (Å²) < 4.78 is 12.2. The fourth-order valence-electron chi connectivity index (χ4n) is 3.66. The number of ether oxygens (including phenoxy) is 2. The smallest absolute Gasteiger partial charge is 0.354 e. The van der Waals surface area contributed by atoms with E-state index in [-0.39, 0.29) is 17.9 Å². The molecule has 1 N–H and O–H groups in total. The molecule has 0 atom stereocenters. The van der Waals surface area contributed by atoms with Crippen molar-refractivity contribution in [2.75, 3.05) is 39.2 Å². The maximum absolute atomic E-state index is 12.5. The second-order valence-corrected chi connectivity index (χ2v) is 7.05. The number of hydrogen-bond acceptors (Lipinski definition) is 5. The highest BCUT2D eigenvalue weighted by Crippen LogP contribution is 2.26. The maximum atomic E-state index is 12.5. The Morgan fingerprint density at radius 1 is 1.18 bits per heavy atom.